The second-order valence-corrected chi connectivity index (χ2v) is 6.55. The van der Waals surface area contributed by atoms with Gasteiger partial charge in [-0.25, -0.2) is 4.99 Å². The zero-order valence-corrected chi connectivity index (χ0v) is 12.5. The van der Waals surface area contributed by atoms with Gasteiger partial charge in [0.2, 0.25) is 0 Å². The summed E-state index contributed by atoms with van der Waals surface area (Å²) in [5.41, 5.74) is 9.90. The summed E-state index contributed by atoms with van der Waals surface area (Å²) in [4.78, 5) is 6.93. The smallest absolute Gasteiger partial charge is 0.193 e. The fraction of sp³-hybridized carbons (Fsp3) is 0.312. The summed E-state index contributed by atoms with van der Waals surface area (Å²) >= 11 is 1.76. The highest BCUT2D eigenvalue weighted by atomic mass is 32.1. The number of fused-ring (bicyclic) bond motifs is 1. The summed E-state index contributed by atoms with van der Waals surface area (Å²) in [6.07, 6.45) is 3.65. The molecule has 20 heavy (non-hydrogen) atoms. The molecule has 1 heterocycles. The Bertz CT molecular complexity index is 643. The summed E-state index contributed by atoms with van der Waals surface area (Å²) in [5, 5.41) is 3.18. The molecule has 2 aromatic rings. The van der Waals surface area contributed by atoms with Crippen LogP contribution in [0.4, 0.5) is 5.69 Å². The van der Waals surface area contributed by atoms with Gasteiger partial charge in [0, 0.05) is 15.4 Å². The van der Waals surface area contributed by atoms with Gasteiger partial charge in [0.05, 0.1) is 6.54 Å². The first-order chi connectivity index (χ1) is 9.70. The van der Waals surface area contributed by atoms with Gasteiger partial charge in [0.15, 0.2) is 5.96 Å². The van der Waals surface area contributed by atoms with Gasteiger partial charge in [-0.3, -0.25) is 0 Å². The van der Waals surface area contributed by atoms with Crippen LogP contribution in [0.15, 0.2) is 35.3 Å². The molecule has 0 radical (unpaired) electrons. The van der Waals surface area contributed by atoms with Crippen molar-refractivity contribution in [3.05, 3.63) is 51.2 Å². The van der Waals surface area contributed by atoms with Crippen molar-refractivity contribution in [3.8, 4) is 0 Å². The minimum atomic E-state index is 0.481. The maximum atomic E-state index is 5.95. The van der Waals surface area contributed by atoms with Crippen LogP contribution in [-0.4, -0.2) is 5.96 Å². The van der Waals surface area contributed by atoms with E-state index in [4.69, 9.17) is 5.73 Å². The highest BCUT2D eigenvalue weighted by molar-refractivity contribution is 7.11. The molecule has 0 spiro atoms. The Kier molecular flexibility index (Phi) is 3.74. The molecular weight excluding hydrogens is 266 g/mol. The summed E-state index contributed by atoms with van der Waals surface area (Å²) in [6.45, 7) is 2.74. The van der Waals surface area contributed by atoms with Crippen molar-refractivity contribution >= 4 is 23.0 Å². The van der Waals surface area contributed by atoms with Crippen molar-refractivity contribution in [1.82, 2.24) is 0 Å². The molecule has 0 unspecified atom stereocenters. The van der Waals surface area contributed by atoms with E-state index in [1.165, 1.54) is 40.1 Å². The first kappa shape index (κ1) is 13.2. The molecule has 0 atom stereocenters. The average Bonchev–Trinajstić information content (AvgIpc) is 3.04. The van der Waals surface area contributed by atoms with E-state index in [1.54, 1.807) is 11.3 Å². The number of benzene rings is 1. The van der Waals surface area contributed by atoms with E-state index in [1.807, 2.05) is 0 Å². The summed E-state index contributed by atoms with van der Waals surface area (Å²) < 4.78 is 0. The third-order valence-corrected chi connectivity index (χ3v) is 4.56. The van der Waals surface area contributed by atoms with Crippen LogP contribution in [-0.2, 0) is 19.4 Å². The number of aryl methyl sites for hydroxylation is 3. The molecule has 4 heteroatoms. The normalized spacial score (nSPS) is 14.3. The van der Waals surface area contributed by atoms with Crippen molar-refractivity contribution in [2.45, 2.75) is 32.7 Å². The molecule has 0 saturated heterocycles. The lowest BCUT2D eigenvalue weighted by Crippen LogP contribution is -2.22. The average molecular weight is 285 g/mol. The third-order valence-electron chi connectivity index (χ3n) is 3.57. The minimum Gasteiger partial charge on any atom is -0.370 e. The van der Waals surface area contributed by atoms with E-state index in [0.29, 0.717) is 12.5 Å². The van der Waals surface area contributed by atoms with Crippen LogP contribution in [0.1, 0.15) is 27.3 Å². The lowest BCUT2D eigenvalue weighted by Gasteiger charge is -2.07. The lowest BCUT2D eigenvalue weighted by molar-refractivity contribution is 0.912. The van der Waals surface area contributed by atoms with E-state index in [-0.39, 0.29) is 0 Å². The number of hydrogen-bond acceptors (Lipinski definition) is 2. The van der Waals surface area contributed by atoms with Crippen LogP contribution >= 0.6 is 11.3 Å². The molecule has 1 aliphatic rings. The predicted molar refractivity (Wildman–Crippen MR) is 86.5 cm³/mol. The number of nitrogens with two attached hydrogens (primary N) is 1. The number of aliphatic imine (C=N–C) groups is 1. The van der Waals surface area contributed by atoms with Crippen molar-refractivity contribution in [1.29, 1.82) is 0 Å². The van der Waals surface area contributed by atoms with Crippen LogP contribution in [0.25, 0.3) is 0 Å². The van der Waals surface area contributed by atoms with Gasteiger partial charge in [-0.1, -0.05) is 6.07 Å². The molecule has 0 fully saturated rings. The Labute approximate surface area is 123 Å². The number of nitrogens with zero attached hydrogens (tertiary/aromatic N) is 1. The van der Waals surface area contributed by atoms with Gasteiger partial charge in [-0.15, -0.1) is 11.3 Å². The molecular formula is C16H19N3S. The Balaban J connectivity index is 1.64. The maximum Gasteiger partial charge on any atom is 0.193 e. The van der Waals surface area contributed by atoms with Crippen molar-refractivity contribution in [2.24, 2.45) is 10.7 Å². The van der Waals surface area contributed by atoms with Gasteiger partial charge < -0.3 is 11.1 Å². The molecule has 3 N–H and O–H groups in total. The van der Waals surface area contributed by atoms with Crippen LogP contribution < -0.4 is 11.1 Å². The van der Waals surface area contributed by atoms with Crippen LogP contribution in [0.5, 0.6) is 0 Å². The number of rotatable bonds is 3. The summed E-state index contributed by atoms with van der Waals surface area (Å²) in [6, 6.07) is 10.7. The molecule has 0 aliphatic heterocycles. The van der Waals surface area contributed by atoms with Crippen LogP contribution in [0.2, 0.25) is 0 Å². The first-order valence-electron chi connectivity index (χ1n) is 6.95. The number of nitrogens with one attached hydrogen (secondary N) is 1. The summed E-state index contributed by atoms with van der Waals surface area (Å²) in [7, 11) is 0. The molecule has 1 aromatic carbocycles. The molecule has 0 amide bonds. The standard InChI is InChI=1S/C16H19N3S/c1-11-5-8-15(20-11)10-18-16(17)19-14-7-6-12-3-2-4-13(12)9-14/h5-9H,2-4,10H2,1H3,(H3,17,18,19). The fourth-order valence-corrected chi connectivity index (χ4v) is 3.39. The van der Waals surface area contributed by atoms with E-state index in [9.17, 15) is 0 Å². The molecule has 0 bridgehead atoms. The van der Waals surface area contributed by atoms with E-state index < -0.39 is 0 Å². The Morgan fingerprint density at radius 3 is 2.90 bits per heavy atom. The zero-order valence-electron chi connectivity index (χ0n) is 11.6. The van der Waals surface area contributed by atoms with E-state index in [2.05, 4.69) is 47.6 Å². The van der Waals surface area contributed by atoms with Crippen molar-refractivity contribution in [2.75, 3.05) is 5.32 Å². The topological polar surface area (TPSA) is 50.4 Å². The summed E-state index contributed by atoms with van der Waals surface area (Å²) in [5.74, 6) is 0.481. The van der Waals surface area contributed by atoms with Crippen molar-refractivity contribution in [3.63, 3.8) is 0 Å². The number of hydrogen-bond donors (Lipinski definition) is 2. The van der Waals surface area contributed by atoms with Crippen LogP contribution in [0, 0.1) is 6.92 Å². The highest BCUT2D eigenvalue weighted by Crippen LogP contribution is 2.24. The fourth-order valence-electron chi connectivity index (χ4n) is 2.57. The Hall–Kier alpha value is -1.81. The van der Waals surface area contributed by atoms with Gasteiger partial charge >= 0.3 is 0 Å². The maximum absolute atomic E-state index is 5.95. The molecule has 1 aliphatic carbocycles. The minimum absolute atomic E-state index is 0.481. The Morgan fingerprint density at radius 1 is 1.25 bits per heavy atom. The number of guanidine groups is 1. The van der Waals surface area contributed by atoms with Gasteiger partial charge in [0.25, 0.3) is 0 Å². The quantitative estimate of drug-likeness (QED) is 0.670. The monoisotopic (exact) mass is 285 g/mol. The first-order valence-corrected chi connectivity index (χ1v) is 7.76. The highest BCUT2D eigenvalue weighted by Gasteiger charge is 2.10. The molecule has 104 valence electrons. The number of thiophene rings is 1. The van der Waals surface area contributed by atoms with E-state index in [0.717, 1.165) is 5.69 Å². The number of anilines is 1. The van der Waals surface area contributed by atoms with Gasteiger partial charge in [0.1, 0.15) is 0 Å². The predicted octanol–water partition coefficient (Wildman–Crippen LogP) is 3.47. The zero-order chi connectivity index (χ0) is 13.9. The SMILES string of the molecule is Cc1ccc(CN=C(N)Nc2ccc3c(c2)CCC3)s1. The lowest BCUT2D eigenvalue weighted by atomic mass is 10.1. The van der Waals surface area contributed by atoms with Gasteiger partial charge in [-0.05, 0) is 61.6 Å². The Morgan fingerprint density at radius 2 is 2.10 bits per heavy atom. The van der Waals surface area contributed by atoms with E-state index >= 15 is 0 Å². The van der Waals surface area contributed by atoms with Crippen molar-refractivity contribution < 1.29 is 0 Å². The molecule has 0 saturated carbocycles. The molecule has 1 aromatic heterocycles. The second kappa shape index (κ2) is 5.67. The molecule has 3 nitrogen and oxygen atoms in total. The third kappa shape index (κ3) is 3.02. The van der Waals surface area contributed by atoms with Crippen LogP contribution in [0.3, 0.4) is 0 Å². The molecule has 3 rings (SSSR count). The largest absolute Gasteiger partial charge is 0.370 e. The van der Waals surface area contributed by atoms with Gasteiger partial charge in [-0.2, -0.15) is 0 Å². The second-order valence-electron chi connectivity index (χ2n) is 5.18.